The van der Waals surface area contributed by atoms with Crippen molar-refractivity contribution in [3.63, 3.8) is 0 Å². The molecule has 0 radical (unpaired) electrons. The largest absolute Gasteiger partial charge is 0.396 e. The first-order valence-electron chi connectivity index (χ1n) is 8.43. The zero-order valence-corrected chi connectivity index (χ0v) is 14.2. The average molecular weight is 321 g/mol. The topological polar surface area (TPSA) is 83.3 Å². The van der Waals surface area contributed by atoms with Crippen LogP contribution < -0.4 is 5.32 Å². The molecule has 2 aliphatic carbocycles. The van der Waals surface area contributed by atoms with Crippen LogP contribution in [0.4, 0.5) is 0 Å². The van der Waals surface area contributed by atoms with Gasteiger partial charge in [-0.2, -0.15) is 0 Å². The van der Waals surface area contributed by atoms with Crippen LogP contribution in [0.5, 0.6) is 0 Å². The molecule has 7 nitrogen and oxygen atoms in total. The van der Waals surface area contributed by atoms with Gasteiger partial charge < -0.3 is 15.0 Å². The maximum atomic E-state index is 12.4. The Morgan fingerprint density at radius 2 is 2.13 bits per heavy atom. The van der Waals surface area contributed by atoms with Crippen LogP contribution in [0.25, 0.3) is 0 Å². The lowest BCUT2D eigenvalue weighted by Gasteiger charge is -2.31. The molecule has 23 heavy (non-hydrogen) atoms. The molecule has 3 rings (SSSR count). The first-order valence-corrected chi connectivity index (χ1v) is 8.43. The molecule has 2 saturated carbocycles. The molecular formula is C16H27N5O2. The third-order valence-electron chi connectivity index (χ3n) is 5.63. The number of likely N-dealkylation sites (N-methyl/N-ethyl adjacent to an activating group) is 1. The maximum Gasteiger partial charge on any atom is 0.234 e. The predicted octanol–water partition coefficient (Wildman–Crippen LogP) is 0.0785. The number of nitrogens with one attached hydrogen (secondary N) is 1. The minimum absolute atomic E-state index is 0.0300. The predicted molar refractivity (Wildman–Crippen MR) is 85.4 cm³/mol. The normalized spacial score (nSPS) is 29.4. The quantitative estimate of drug-likeness (QED) is 0.775. The number of carbonyl (C=O) groups is 1. The van der Waals surface area contributed by atoms with Crippen LogP contribution in [0, 0.1) is 24.7 Å². The molecule has 0 saturated heterocycles. The Bertz CT molecular complexity index is 573. The van der Waals surface area contributed by atoms with Crippen molar-refractivity contribution in [1.82, 2.24) is 25.0 Å². The summed E-state index contributed by atoms with van der Waals surface area (Å²) < 4.78 is 1.94. The smallest absolute Gasteiger partial charge is 0.234 e. The van der Waals surface area contributed by atoms with Crippen LogP contribution in [0.15, 0.2) is 0 Å². The van der Waals surface area contributed by atoms with Gasteiger partial charge in [0.25, 0.3) is 0 Å². The fourth-order valence-electron chi connectivity index (χ4n) is 4.26. The Hall–Kier alpha value is -1.47. The number of hydrogen-bond donors (Lipinski definition) is 2. The molecule has 1 aromatic rings. The number of aryl methyl sites for hydroxylation is 1. The van der Waals surface area contributed by atoms with Crippen molar-refractivity contribution in [1.29, 1.82) is 0 Å². The molecule has 2 aliphatic rings. The van der Waals surface area contributed by atoms with Crippen molar-refractivity contribution in [2.45, 2.75) is 38.8 Å². The third-order valence-corrected chi connectivity index (χ3v) is 5.63. The van der Waals surface area contributed by atoms with Crippen LogP contribution in [0.3, 0.4) is 0 Å². The highest BCUT2D eigenvalue weighted by Gasteiger charge is 2.47. The Morgan fingerprint density at radius 1 is 1.39 bits per heavy atom. The van der Waals surface area contributed by atoms with Crippen LogP contribution in [-0.2, 0) is 18.4 Å². The molecule has 4 unspecified atom stereocenters. The molecule has 7 heteroatoms. The molecule has 2 bridgehead atoms. The van der Waals surface area contributed by atoms with E-state index >= 15 is 0 Å². The van der Waals surface area contributed by atoms with E-state index in [1.165, 1.54) is 12.8 Å². The number of aromatic nitrogens is 3. The van der Waals surface area contributed by atoms with Crippen molar-refractivity contribution in [2.24, 2.45) is 24.8 Å². The Morgan fingerprint density at radius 3 is 2.78 bits per heavy atom. The van der Waals surface area contributed by atoms with E-state index in [4.69, 9.17) is 0 Å². The van der Waals surface area contributed by atoms with Crippen LogP contribution >= 0.6 is 0 Å². The Kier molecular flexibility index (Phi) is 4.68. The molecule has 0 aromatic carbocycles. The van der Waals surface area contributed by atoms with Crippen molar-refractivity contribution >= 4 is 5.91 Å². The van der Waals surface area contributed by atoms with Gasteiger partial charge in [-0.05, 0) is 45.1 Å². The number of aliphatic hydroxyl groups is 1. The number of hydrogen-bond acceptors (Lipinski definition) is 5. The number of carbonyl (C=O) groups excluding carboxylic acids is 1. The minimum atomic E-state index is 0.0300. The number of fused-ring (bicyclic) bond motifs is 2. The number of amides is 1. The molecule has 0 spiro atoms. The van der Waals surface area contributed by atoms with Crippen LogP contribution in [0.1, 0.15) is 30.9 Å². The van der Waals surface area contributed by atoms with Crippen molar-refractivity contribution in [3.8, 4) is 0 Å². The van der Waals surface area contributed by atoms with E-state index in [-0.39, 0.29) is 24.5 Å². The first kappa shape index (κ1) is 16.4. The summed E-state index contributed by atoms with van der Waals surface area (Å²) in [7, 11) is 3.84. The van der Waals surface area contributed by atoms with Gasteiger partial charge in [-0.15, -0.1) is 10.2 Å². The van der Waals surface area contributed by atoms with E-state index in [1.807, 2.05) is 30.5 Å². The standard InChI is InChI=1S/C16H27N5O2/c1-10-18-19-14(21(10)3)7-20(2)8-15(23)17-16-12-5-4-11(6-12)13(16)9-22/h11-13,16,22H,4-9H2,1-3H3,(H,17,23). The molecule has 128 valence electrons. The number of nitrogens with zero attached hydrogens (tertiary/aromatic N) is 4. The van der Waals surface area contributed by atoms with Gasteiger partial charge in [-0.1, -0.05) is 0 Å². The monoisotopic (exact) mass is 321 g/mol. The summed E-state index contributed by atoms with van der Waals surface area (Å²) in [4.78, 5) is 14.3. The lowest BCUT2D eigenvalue weighted by atomic mass is 9.85. The van der Waals surface area contributed by atoms with E-state index in [0.29, 0.717) is 24.9 Å². The molecular weight excluding hydrogens is 294 g/mol. The Labute approximate surface area is 137 Å². The average Bonchev–Trinajstić information content (AvgIpc) is 3.18. The van der Waals surface area contributed by atoms with Gasteiger partial charge in [-0.25, -0.2) is 0 Å². The third kappa shape index (κ3) is 3.26. The zero-order valence-electron chi connectivity index (χ0n) is 14.2. The van der Waals surface area contributed by atoms with E-state index in [1.54, 1.807) is 0 Å². The SMILES string of the molecule is Cc1nnc(CN(C)CC(=O)NC2C3CCC(C3)C2CO)n1C. The lowest BCUT2D eigenvalue weighted by Crippen LogP contribution is -2.48. The van der Waals surface area contributed by atoms with Gasteiger partial charge in [0.2, 0.25) is 5.91 Å². The van der Waals surface area contributed by atoms with Crippen molar-refractivity contribution in [2.75, 3.05) is 20.2 Å². The zero-order chi connectivity index (χ0) is 16.6. The summed E-state index contributed by atoms with van der Waals surface area (Å²) >= 11 is 0. The van der Waals surface area contributed by atoms with E-state index in [2.05, 4.69) is 15.5 Å². The van der Waals surface area contributed by atoms with Crippen LogP contribution in [0.2, 0.25) is 0 Å². The van der Waals surface area contributed by atoms with Crippen LogP contribution in [-0.4, -0.2) is 56.9 Å². The number of aliphatic hydroxyl groups excluding tert-OH is 1. The second-order valence-corrected chi connectivity index (χ2v) is 7.17. The fourth-order valence-corrected chi connectivity index (χ4v) is 4.26. The fraction of sp³-hybridized carbons (Fsp3) is 0.812. The van der Waals surface area contributed by atoms with Gasteiger partial charge in [0.1, 0.15) is 11.6 Å². The van der Waals surface area contributed by atoms with Crippen molar-refractivity contribution in [3.05, 3.63) is 11.6 Å². The Balaban J connectivity index is 1.52. The summed E-state index contributed by atoms with van der Waals surface area (Å²) in [6.07, 6.45) is 3.54. The maximum absolute atomic E-state index is 12.4. The molecule has 0 aliphatic heterocycles. The van der Waals surface area contributed by atoms with Gasteiger partial charge >= 0.3 is 0 Å². The van der Waals surface area contributed by atoms with E-state index in [0.717, 1.165) is 18.1 Å². The van der Waals surface area contributed by atoms with Gasteiger partial charge in [0.15, 0.2) is 0 Å². The summed E-state index contributed by atoms with van der Waals surface area (Å²) in [6, 6.07) is 0.150. The molecule has 1 aromatic heterocycles. The molecule has 2 fully saturated rings. The van der Waals surface area contributed by atoms with E-state index in [9.17, 15) is 9.90 Å². The molecule has 1 amide bonds. The highest BCUT2D eigenvalue weighted by molar-refractivity contribution is 5.78. The summed E-state index contributed by atoms with van der Waals surface area (Å²) in [5, 5.41) is 20.9. The highest BCUT2D eigenvalue weighted by Crippen LogP contribution is 2.48. The second-order valence-electron chi connectivity index (χ2n) is 7.17. The minimum Gasteiger partial charge on any atom is -0.396 e. The first-order chi connectivity index (χ1) is 11.0. The highest BCUT2D eigenvalue weighted by atomic mass is 16.3. The van der Waals surface area contributed by atoms with Crippen molar-refractivity contribution < 1.29 is 9.90 Å². The molecule has 4 atom stereocenters. The summed E-state index contributed by atoms with van der Waals surface area (Å²) in [5.41, 5.74) is 0. The van der Waals surface area contributed by atoms with Gasteiger partial charge in [0.05, 0.1) is 13.1 Å². The van der Waals surface area contributed by atoms with Gasteiger partial charge in [0, 0.05) is 25.6 Å². The second kappa shape index (κ2) is 6.57. The number of rotatable bonds is 6. The molecule has 2 N–H and O–H groups in total. The molecule has 1 heterocycles. The van der Waals surface area contributed by atoms with E-state index < -0.39 is 0 Å². The summed E-state index contributed by atoms with van der Waals surface area (Å²) in [6.45, 7) is 3.01. The lowest BCUT2D eigenvalue weighted by molar-refractivity contribution is -0.123. The van der Waals surface area contributed by atoms with Gasteiger partial charge in [-0.3, -0.25) is 9.69 Å². The summed E-state index contributed by atoms with van der Waals surface area (Å²) in [5.74, 6) is 3.13.